The molecule has 158 valence electrons. The fourth-order valence-corrected chi connectivity index (χ4v) is 4.36. The van der Waals surface area contributed by atoms with Crippen molar-refractivity contribution in [3.05, 3.63) is 92.6 Å². The number of nitro groups is 1. The van der Waals surface area contributed by atoms with Crippen LogP contribution in [0, 0.1) is 24.0 Å². The zero-order chi connectivity index (χ0) is 21.8. The van der Waals surface area contributed by atoms with E-state index in [2.05, 4.69) is 39.4 Å². The highest BCUT2D eigenvalue weighted by Gasteiger charge is 2.11. The van der Waals surface area contributed by atoms with Gasteiger partial charge in [0.2, 0.25) is 0 Å². The van der Waals surface area contributed by atoms with E-state index >= 15 is 0 Å². The van der Waals surface area contributed by atoms with E-state index in [9.17, 15) is 10.1 Å². The average molecular weight is 434 g/mol. The van der Waals surface area contributed by atoms with Crippen LogP contribution in [0.25, 0.3) is 11.3 Å². The summed E-state index contributed by atoms with van der Waals surface area (Å²) in [4.78, 5) is 20.6. The van der Waals surface area contributed by atoms with E-state index in [-0.39, 0.29) is 10.6 Å². The molecule has 2 aromatic heterocycles. The maximum atomic E-state index is 11.0. The van der Waals surface area contributed by atoms with Gasteiger partial charge in [0.05, 0.1) is 22.6 Å². The summed E-state index contributed by atoms with van der Waals surface area (Å²) >= 11 is 1.58. The number of hydrogen-bond donors (Lipinski definition) is 0. The third-order valence-electron chi connectivity index (χ3n) is 5.32. The van der Waals surface area contributed by atoms with E-state index in [1.165, 1.54) is 5.56 Å². The first kappa shape index (κ1) is 20.7. The van der Waals surface area contributed by atoms with Crippen molar-refractivity contribution >= 4 is 22.7 Å². The number of imidazole rings is 1. The molecule has 0 aliphatic carbocycles. The highest BCUT2D eigenvalue weighted by Crippen LogP contribution is 2.25. The minimum atomic E-state index is -0.377. The Kier molecular flexibility index (Phi) is 6.08. The highest BCUT2D eigenvalue weighted by molar-refractivity contribution is 7.07. The minimum absolute atomic E-state index is 0.0888. The molecule has 4 rings (SSSR count). The Morgan fingerprint density at radius 2 is 1.94 bits per heavy atom. The first-order valence-electron chi connectivity index (χ1n) is 10.0. The first-order chi connectivity index (χ1) is 15.0. The van der Waals surface area contributed by atoms with Gasteiger partial charge < -0.3 is 9.13 Å². The number of benzene rings is 2. The van der Waals surface area contributed by atoms with Crippen LogP contribution in [0.2, 0.25) is 0 Å². The second-order valence-corrected chi connectivity index (χ2v) is 8.18. The number of aryl methyl sites for hydroxylation is 2. The van der Waals surface area contributed by atoms with Crippen LogP contribution in [-0.2, 0) is 13.1 Å². The van der Waals surface area contributed by atoms with E-state index in [0.717, 1.165) is 46.8 Å². The smallest absolute Gasteiger partial charge is 0.269 e. The van der Waals surface area contributed by atoms with Gasteiger partial charge in [-0.05, 0) is 55.2 Å². The lowest BCUT2D eigenvalue weighted by Gasteiger charge is -2.10. The van der Waals surface area contributed by atoms with E-state index in [4.69, 9.17) is 4.99 Å². The van der Waals surface area contributed by atoms with Crippen molar-refractivity contribution in [3.8, 4) is 11.3 Å². The lowest BCUT2D eigenvalue weighted by Crippen LogP contribution is -2.17. The molecule has 0 unspecified atom stereocenters. The number of rotatable bonds is 7. The van der Waals surface area contributed by atoms with Crippen molar-refractivity contribution < 1.29 is 4.92 Å². The van der Waals surface area contributed by atoms with Gasteiger partial charge in [0.15, 0.2) is 4.80 Å². The standard InChI is InChI=1S/C23H23N5O2S/c1-17-5-3-6-21(18(17)2)25-23-27(13-4-12-26-14-11-24-16-26)22(15-31-23)19-7-9-20(10-8-19)28(29)30/h3,5-11,14-16H,4,12-13H2,1-2H3. The minimum Gasteiger partial charge on any atom is -0.337 e. The second kappa shape index (κ2) is 9.09. The zero-order valence-corrected chi connectivity index (χ0v) is 18.2. The van der Waals surface area contributed by atoms with Crippen LogP contribution in [0.15, 0.2) is 71.6 Å². The normalized spacial score (nSPS) is 11.7. The van der Waals surface area contributed by atoms with Crippen molar-refractivity contribution in [3.63, 3.8) is 0 Å². The molecule has 2 aromatic carbocycles. The van der Waals surface area contributed by atoms with E-state index in [1.807, 2.05) is 24.7 Å². The Labute approximate surface area is 184 Å². The number of non-ortho nitro benzene ring substituents is 1. The molecule has 0 atom stereocenters. The lowest BCUT2D eigenvalue weighted by molar-refractivity contribution is -0.384. The summed E-state index contributed by atoms with van der Waals surface area (Å²) in [5.41, 5.74) is 5.37. The number of hydrogen-bond acceptors (Lipinski definition) is 5. The van der Waals surface area contributed by atoms with Crippen LogP contribution < -0.4 is 4.80 Å². The number of nitrogens with zero attached hydrogens (tertiary/aromatic N) is 5. The van der Waals surface area contributed by atoms with Crippen LogP contribution in [0.1, 0.15) is 17.5 Å². The monoisotopic (exact) mass is 433 g/mol. The van der Waals surface area contributed by atoms with Gasteiger partial charge in [0, 0.05) is 43.0 Å². The summed E-state index contributed by atoms with van der Waals surface area (Å²) in [6.45, 7) is 5.80. The van der Waals surface area contributed by atoms with Crippen molar-refractivity contribution in [2.45, 2.75) is 33.4 Å². The van der Waals surface area contributed by atoms with Gasteiger partial charge in [-0.25, -0.2) is 9.98 Å². The summed E-state index contributed by atoms with van der Waals surface area (Å²) in [6, 6.07) is 12.8. The van der Waals surface area contributed by atoms with Crippen molar-refractivity contribution in [1.82, 2.24) is 14.1 Å². The maximum Gasteiger partial charge on any atom is 0.269 e. The summed E-state index contributed by atoms with van der Waals surface area (Å²) < 4.78 is 4.25. The van der Waals surface area contributed by atoms with E-state index < -0.39 is 0 Å². The molecule has 0 saturated heterocycles. The fraction of sp³-hybridized carbons (Fsp3) is 0.217. The number of nitro benzene ring substituents is 1. The predicted octanol–water partition coefficient (Wildman–Crippen LogP) is 5.26. The largest absolute Gasteiger partial charge is 0.337 e. The van der Waals surface area contributed by atoms with Crippen LogP contribution in [0.5, 0.6) is 0 Å². The van der Waals surface area contributed by atoms with Crippen LogP contribution in [0.3, 0.4) is 0 Å². The molecule has 0 radical (unpaired) electrons. The van der Waals surface area contributed by atoms with Crippen LogP contribution in [0.4, 0.5) is 11.4 Å². The summed E-state index contributed by atoms with van der Waals surface area (Å²) in [5.74, 6) is 0. The van der Waals surface area contributed by atoms with E-state index in [0.29, 0.717) is 0 Å². The van der Waals surface area contributed by atoms with Gasteiger partial charge in [-0.2, -0.15) is 0 Å². The second-order valence-electron chi connectivity index (χ2n) is 7.34. The van der Waals surface area contributed by atoms with Crippen molar-refractivity contribution in [2.75, 3.05) is 0 Å². The van der Waals surface area contributed by atoms with Gasteiger partial charge in [0.1, 0.15) is 0 Å². The van der Waals surface area contributed by atoms with Gasteiger partial charge in [-0.15, -0.1) is 11.3 Å². The number of thiazole rings is 1. The van der Waals surface area contributed by atoms with Crippen LogP contribution >= 0.6 is 11.3 Å². The third-order valence-corrected chi connectivity index (χ3v) is 6.18. The Morgan fingerprint density at radius 1 is 1.13 bits per heavy atom. The fourth-order valence-electron chi connectivity index (χ4n) is 3.41. The van der Waals surface area contributed by atoms with Crippen molar-refractivity contribution in [1.29, 1.82) is 0 Å². The molecular weight excluding hydrogens is 410 g/mol. The molecule has 0 fully saturated rings. The Bertz CT molecular complexity index is 1250. The molecule has 0 spiro atoms. The zero-order valence-electron chi connectivity index (χ0n) is 17.4. The SMILES string of the molecule is Cc1cccc(N=c2scc(-c3ccc([N+](=O)[O-])cc3)n2CCCn2ccnc2)c1C. The summed E-state index contributed by atoms with van der Waals surface area (Å²) in [5, 5.41) is 13.1. The molecule has 31 heavy (non-hydrogen) atoms. The molecule has 2 heterocycles. The topological polar surface area (TPSA) is 78.2 Å². The summed E-state index contributed by atoms with van der Waals surface area (Å²) in [6.07, 6.45) is 6.46. The average Bonchev–Trinajstić information content (AvgIpc) is 3.42. The molecule has 8 heteroatoms. The Morgan fingerprint density at radius 3 is 2.65 bits per heavy atom. The number of aromatic nitrogens is 3. The third kappa shape index (κ3) is 4.64. The molecule has 7 nitrogen and oxygen atoms in total. The molecular formula is C23H23N5O2S. The van der Waals surface area contributed by atoms with Gasteiger partial charge >= 0.3 is 0 Å². The molecule has 0 N–H and O–H groups in total. The van der Waals surface area contributed by atoms with Crippen LogP contribution in [-0.4, -0.2) is 19.0 Å². The molecule has 0 aliphatic heterocycles. The quantitative estimate of drug-likeness (QED) is 0.295. The first-order valence-corrected chi connectivity index (χ1v) is 10.9. The predicted molar refractivity (Wildman–Crippen MR) is 122 cm³/mol. The van der Waals surface area contributed by atoms with E-state index in [1.54, 1.807) is 41.8 Å². The van der Waals surface area contributed by atoms with Gasteiger partial charge in [0.25, 0.3) is 5.69 Å². The molecule has 4 aromatic rings. The molecule has 0 bridgehead atoms. The Balaban J connectivity index is 1.73. The van der Waals surface area contributed by atoms with Crippen molar-refractivity contribution in [2.24, 2.45) is 4.99 Å². The van der Waals surface area contributed by atoms with Gasteiger partial charge in [-0.3, -0.25) is 10.1 Å². The molecule has 0 saturated carbocycles. The molecule has 0 amide bonds. The Hall–Kier alpha value is -3.52. The lowest BCUT2D eigenvalue weighted by atomic mass is 10.1. The maximum absolute atomic E-state index is 11.0. The molecule has 0 aliphatic rings. The summed E-state index contributed by atoms with van der Waals surface area (Å²) in [7, 11) is 0. The highest BCUT2D eigenvalue weighted by atomic mass is 32.1. The van der Waals surface area contributed by atoms with Gasteiger partial charge in [-0.1, -0.05) is 12.1 Å².